The molecule has 3 atom stereocenters. The van der Waals surface area contributed by atoms with Crippen LogP contribution in [0.1, 0.15) is 47.6 Å². The molecule has 0 radical (unpaired) electrons. The van der Waals surface area contributed by atoms with Crippen LogP contribution in [0, 0.1) is 5.92 Å². The van der Waals surface area contributed by atoms with Crippen LogP contribution in [0.3, 0.4) is 0 Å². The second kappa shape index (κ2) is 9.10. The Morgan fingerprint density at radius 1 is 1.03 bits per heavy atom. The molecule has 0 fully saturated rings. The number of allylic oxidation sites excluding steroid dienone is 4. The first-order valence-electron chi connectivity index (χ1n) is 11.8. The Bertz CT molecular complexity index is 1500. The van der Waals surface area contributed by atoms with E-state index in [1.807, 2.05) is 24.5 Å². The summed E-state index contributed by atoms with van der Waals surface area (Å²) in [6, 6.07) is 14.7. The number of hydrogen-bond donors (Lipinski definition) is 1. The standard InChI is InChI=1S/C29H24Cl2N4/c1-17(27-8-7-25(30)16-32-27)18-3-2-4-19(9-18)22-10-23-11-24(14-33-29(23)26(31)12-22)20-5-6-21-15-34-35-28(21)13-20/h2-8,10,12-18,24H,9,11H2,1H3,(H,34,35). The van der Waals surface area contributed by atoms with E-state index in [1.54, 1.807) is 6.20 Å². The van der Waals surface area contributed by atoms with Crippen LogP contribution in [0.15, 0.2) is 78.1 Å². The Kier molecular flexibility index (Phi) is 5.79. The lowest BCUT2D eigenvalue weighted by molar-refractivity contribution is 0.539. The molecule has 2 aliphatic rings. The molecule has 6 rings (SSSR count). The Morgan fingerprint density at radius 3 is 2.80 bits per heavy atom. The first kappa shape index (κ1) is 22.3. The Balaban J connectivity index is 1.26. The number of pyridine rings is 1. The molecule has 0 saturated carbocycles. The van der Waals surface area contributed by atoms with Gasteiger partial charge in [-0.1, -0.05) is 60.5 Å². The number of hydrogen-bond acceptors (Lipinski definition) is 3. The molecule has 1 N–H and O–H groups in total. The summed E-state index contributed by atoms with van der Waals surface area (Å²) >= 11 is 12.8. The summed E-state index contributed by atoms with van der Waals surface area (Å²) in [6.07, 6.45) is 14.0. The number of fused-ring (bicyclic) bond motifs is 2. The Morgan fingerprint density at radius 2 is 1.94 bits per heavy atom. The van der Waals surface area contributed by atoms with Gasteiger partial charge in [0.25, 0.3) is 0 Å². The van der Waals surface area contributed by atoms with E-state index >= 15 is 0 Å². The van der Waals surface area contributed by atoms with E-state index in [2.05, 4.69) is 70.7 Å². The molecule has 0 spiro atoms. The normalized spacial score (nSPS) is 20.0. The van der Waals surface area contributed by atoms with Gasteiger partial charge in [0.1, 0.15) is 0 Å². The first-order valence-corrected chi connectivity index (χ1v) is 12.6. The molecule has 4 aromatic rings. The Labute approximate surface area is 214 Å². The summed E-state index contributed by atoms with van der Waals surface area (Å²) in [4.78, 5) is 9.31. The highest BCUT2D eigenvalue weighted by Gasteiger charge is 2.24. The fourth-order valence-electron chi connectivity index (χ4n) is 5.12. The van der Waals surface area contributed by atoms with Gasteiger partial charge in [-0.3, -0.25) is 15.1 Å². The molecule has 6 heteroatoms. The topological polar surface area (TPSA) is 53.9 Å². The zero-order chi connectivity index (χ0) is 23.9. The number of nitrogens with one attached hydrogen (secondary N) is 1. The molecule has 0 amide bonds. The van der Waals surface area contributed by atoms with Crippen LogP contribution >= 0.6 is 23.2 Å². The number of aliphatic imine (C=N–C) groups is 1. The monoisotopic (exact) mass is 498 g/mol. The lowest BCUT2D eigenvalue weighted by Gasteiger charge is -2.26. The lowest BCUT2D eigenvalue weighted by atomic mass is 9.80. The third kappa shape index (κ3) is 4.33. The molecule has 2 aromatic carbocycles. The van der Waals surface area contributed by atoms with Crippen molar-refractivity contribution >= 4 is 51.6 Å². The van der Waals surface area contributed by atoms with Crippen molar-refractivity contribution in [2.45, 2.75) is 31.6 Å². The average molecular weight is 499 g/mol. The number of nitrogens with zero attached hydrogens (tertiary/aromatic N) is 3. The summed E-state index contributed by atoms with van der Waals surface area (Å²) in [5, 5.41) is 9.69. The molecule has 2 aromatic heterocycles. The van der Waals surface area contributed by atoms with E-state index in [0.717, 1.165) is 35.1 Å². The van der Waals surface area contributed by atoms with Gasteiger partial charge in [0, 0.05) is 35.3 Å². The van der Waals surface area contributed by atoms with Crippen LogP contribution in [0.5, 0.6) is 0 Å². The zero-order valence-corrected chi connectivity index (χ0v) is 20.8. The van der Waals surface area contributed by atoms with Crippen molar-refractivity contribution in [2.75, 3.05) is 0 Å². The molecule has 1 aliphatic carbocycles. The minimum atomic E-state index is 0.200. The van der Waals surface area contributed by atoms with Crippen molar-refractivity contribution in [3.05, 3.63) is 106 Å². The van der Waals surface area contributed by atoms with E-state index in [9.17, 15) is 0 Å². The lowest BCUT2D eigenvalue weighted by Crippen LogP contribution is -2.12. The fourth-order valence-corrected chi connectivity index (χ4v) is 5.52. The van der Waals surface area contributed by atoms with Crippen LogP contribution in [0.25, 0.3) is 16.5 Å². The smallest absolute Gasteiger partial charge is 0.0844 e. The van der Waals surface area contributed by atoms with Gasteiger partial charge >= 0.3 is 0 Å². The third-order valence-electron chi connectivity index (χ3n) is 7.20. The maximum absolute atomic E-state index is 6.74. The zero-order valence-electron chi connectivity index (χ0n) is 19.2. The van der Waals surface area contributed by atoms with Crippen molar-refractivity contribution in [1.82, 2.24) is 15.2 Å². The molecule has 4 nitrogen and oxygen atoms in total. The van der Waals surface area contributed by atoms with Gasteiger partial charge in [-0.05, 0) is 71.4 Å². The summed E-state index contributed by atoms with van der Waals surface area (Å²) in [5.41, 5.74) is 7.85. The van der Waals surface area contributed by atoms with Gasteiger partial charge in [0.2, 0.25) is 0 Å². The highest BCUT2D eigenvalue weighted by atomic mass is 35.5. The van der Waals surface area contributed by atoms with E-state index in [0.29, 0.717) is 16.0 Å². The second-order valence-corrected chi connectivity index (χ2v) is 10.2. The fraction of sp³-hybridized carbons (Fsp3) is 0.207. The molecule has 0 bridgehead atoms. The van der Waals surface area contributed by atoms with Gasteiger partial charge in [-0.2, -0.15) is 5.10 Å². The summed E-state index contributed by atoms with van der Waals surface area (Å²) in [5.74, 6) is 0.836. The predicted octanol–water partition coefficient (Wildman–Crippen LogP) is 8.07. The molecular weight excluding hydrogens is 475 g/mol. The highest BCUT2D eigenvalue weighted by molar-refractivity contribution is 6.33. The number of aromatic nitrogens is 3. The van der Waals surface area contributed by atoms with E-state index in [1.165, 1.54) is 22.3 Å². The van der Waals surface area contributed by atoms with Crippen molar-refractivity contribution in [3.8, 4) is 0 Å². The molecule has 3 unspecified atom stereocenters. The third-order valence-corrected chi connectivity index (χ3v) is 7.71. The van der Waals surface area contributed by atoms with Crippen LogP contribution < -0.4 is 0 Å². The van der Waals surface area contributed by atoms with Crippen LogP contribution in [0.4, 0.5) is 5.69 Å². The van der Waals surface area contributed by atoms with Gasteiger partial charge in [0.05, 0.1) is 27.4 Å². The second-order valence-electron chi connectivity index (χ2n) is 9.41. The number of aromatic amines is 1. The van der Waals surface area contributed by atoms with Crippen molar-refractivity contribution in [1.29, 1.82) is 0 Å². The minimum Gasteiger partial charge on any atom is -0.278 e. The molecule has 3 heterocycles. The van der Waals surface area contributed by atoms with Crippen molar-refractivity contribution in [2.24, 2.45) is 10.9 Å². The van der Waals surface area contributed by atoms with Gasteiger partial charge < -0.3 is 0 Å². The van der Waals surface area contributed by atoms with Gasteiger partial charge in [-0.15, -0.1) is 0 Å². The summed E-state index contributed by atoms with van der Waals surface area (Å²) in [6.45, 7) is 2.23. The molecular formula is C29H24Cl2N4. The number of benzene rings is 2. The maximum Gasteiger partial charge on any atom is 0.0844 e. The maximum atomic E-state index is 6.74. The van der Waals surface area contributed by atoms with Crippen LogP contribution in [-0.4, -0.2) is 21.4 Å². The SMILES string of the molecule is CC(c1ccc(Cl)cn1)C1C=CC=C(c2cc(Cl)c3c(c2)CC(c2ccc4cn[nH]c4c2)C=N3)C1. The van der Waals surface area contributed by atoms with E-state index in [4.69, 9.17) is 28.2 Å². The molecule has 35 heavy (non-hydrogen) atoms. The average Bonchev–Trinajstić information content (AvgIpc) is 3.36. The quantitative estimate of drug-likeness (QED) is 0.309. The first-order chi connectivity index (χ1) is 17.0. The highest BCUT2D eigenvalue weighted by Crippen LogP contribution is 2.42. The number of H-pyrrole nitrogens is 1. The molecule has 1 aliphatic heterocycles. The minimum absolute atomic E-state index is 0.200. The predicted molar refractivity (Wildman–Crippen MR) is 145 cm³/mol. The van der Waals surface area contributed by atoms with Crippen LogP contribution in [-0.2, 0) is 6.42 Å². The Hall–Kier alpha value is -3.21. The number of halogens is 2. The van der Waals surface area contributed by atoms with E-state index < -0.39 is 0 Å². The van der Waals surface area contributed by atoms with Gasteiger partial charge in [0.15, 0.2) is 0 Å². The van der Waals surface area contributed by atoms with Crippen molar-refractivity contribution < 1.29 is 0 Å². The van der Waals surface area contributed by atoms with Gasteiger partial charge in [-0.25, -0.2) is 0 Å². The summed E-state index contributed by atoms with van der Waals surface area (Å²) in [7, 11) is 0. The van der Waals surface area contributed by atoms with Crippen molar-refractivity contribution in [3.63, 3.8) is 0 Å². The number of rotatable bonds is 4. The van der Waals surface area contributed by atoms with Crippen LogP contribution in [0.2, 0.25) is 10.0 Å². The summed E-state index contributed by atoms with van der Waals surface area (Å²) < 4.78 is 0. The van der Waals surface area contributed by atoms with E-state index in [-0.39, 0.29) is 11.8 Å². The molecule has 174 valence electrons. The largest absolute Gasteiger partial charge is 0.278 e. The molecule has 0 saturated heterocycles.